The molecule has 0 radical (unpaired) electrons. The number of benzene rings is 1. The monoisotopic (exact) mass is 368 g/mol. The summed E-state index contributed by atoms with van der Waals surface area (Å²) in [6, 6.07) is 8.41. The fourth-order valence-electron chi connectivity index (χ4n) is 2.42. The molecule has 0 saturated carbocycles. The Kier molecular flexibility index (Phi) is 4.00. The third kappa shape index (κ3) is 3.08. The largest absolute Gasteiger partial charge is 0.378 e. The van der Waals surface area contributed by atoms with E-state index < -0.39 is 0 Å². The maximum atomic E-state index is 4.32. The average Bonchev–Trinajstić information content (AvgIpc) is 2.66. The summed E-state index contributed by atoms with van der Waals surface area (Å²) in [6.45, 7) is 1.81. The van der Waals surface area contributed by atoms with Gasteiger partial charge in [0, 0.05) is 22.2 Å². The van der Waals surface area contributed by atoms with Crippen molar-refractivity contribution in [2.45, 2.75) is 38.8 Å². The van der Waals surface area contributed by atoms with Gasteiger partial charge >= 0.3 is 0 Å². The fourth-order valence-corrected chi connectivity index (χ4v) is 2.78. The first-order valence-electron chi connectivity index (χ1n) is 6.73. The van der Waals surface area contributed by atoms with E-state index in [2.05, 4.69) is 66.9 Å². The van der Waals surface area contributed by atoms with Gasteiger partial charge in [0.1, 0.15) is 5.82 Å². The molecule has 0 fully saturated rings. The molecular weight excluding hydrogens is 351 g/mol. The molecule has 0 unspecified atom stereocenters. The van der Waals surface area contributed by atoms with Crippen LogP contribution in [0.25, 0.3) is 0 Å². The Balaban J connectivity index is 1.70. The number of aryl methyl sites for hydroxylation is 1. The lowest BCUT2D eigenvalue weighted by Gasteiger charge is -2.09. The van der Waals surface area contributed by atoms with Gasteiger partial charge in [0.15, 0.2) is 5.82 Å². The Morgan fingerprint density at radius 1 is 1.11 bits per heavy atom. The molecule has 0 saturated heterocycles. The number of nitrogens with one attached hydrogen (secondary N) is 1. The minimum Gasteiger partial charge on any atom is -0.378 e. The molecule has 1 aliphatic rings. The van der Waals surface area contributed by atoms with Crippen LogP contribution in [0.1, 0.15) is 30.9 Å². The predicted molar refractivity (Wildman–Crippen MR) is 84.1 cm³/mol. The van der Waals surface area contributed by atoms with E-state index in [0.717, 1.165) is 36.8 Å². The Bertz CT molecular complexity index is 547. The molecule has 2 heterocycles. The van der Waals surface area contributed by atoms with E-state index in [1.54, 1.807) is 0 Å². The van der Waals surface area contributed by atoms with Crippen LogP contribution in [-0.2, 0) is 19.5 Å². The number of hydrogen-bond donors (Lipinski definition) is 1. The molecule has 0 atom stereocenters. The van der Waals surface area contributed by atoms with Crippen molar-refractivity contribution in [3.8, 4) is 0 Å². The molecule has 0 amide bonds. The molecule has 100 valence electrons. The van der Waals surface area contributed by atoms with Crippen LogP contribution < -0.4 is 5.32 Å². The Morgan fingerprint density at radius 2 is 1.95 bits per heavy atom. The molecule has 0 bridgehead atoms. The predicted octanol–water partition coefficient (Wildman–Crippen LogP) is 3.22. The first kappa shape index (κ1) is 12.9. The van der Waals surface area contributed by atoms with E-state index >= 15 is 0 Å². The summed E-state index contributed by atoms with van der Waals surface area (Å²) in [4.78, 5) is 0. The van der Waals surface area contributed by atoms with Gasteiger partial charge in [-0.1, -0.05) is 6.42 Å². The Morgan fingerprint density at radius 3 is 2.79 bits per heavy atom. The number of hydrogen-bond acceptors (Lipinski definition) is 3. The molecule has 1 aromatic carbocycles. The average molecular weight is 368 g/mol. The van der Waals surface area contributed by atoms with Gasteiger partial charge in [0.2, 0.25) is 0 Å². The SMILES string of the molecule is Ic1ccc(NCc2nnc3n2CCCCC3)cc1. The quantitative estimate of drug-likeness (QED) is 0.846. The summed E-state index contributed by atoms with van der Waals surface area (Å²) < 4.78 is 3.53. The highest BCUT2D eigenvalue weighted by Gasteiger charge is 2.14. The van der Waals surface area contributed by atoms with E-state index in [1.807, 2.05) is 0 Å². The molecule has 19 heavy (non-hydrogen) atoms. The zero-order chi connectivity index (χ0) is 13.1. The van der Waals surface area contributed by atoms with Crippen molar-refractivity contribution >= 4 is 28.3 Å². The maximum Gasteiger partial charge on any atom is 0.152 e. The van der Waals surface area contributed by atoms with Crippen LogP contribution in [-0.4, -0.2) is 14.8 Å². The van der Waals surface area contributed by atoms with Crippen LogP contribution in [0.4, 0.5) is 5.69 Å². The Labute approximate surface area is 126 Å². The van der Waals surface area contributed by atoms with E-state index in [0.29, 0.717) is 0 Å². The third-order valence-electron chi connectivity index (χ3n) is 3.48. The molecule has 0 aliphatic carbocycles. The highest BCUT2D eigenvalue weighted by molar-refractivity contribution is 14.1. The molecule has 1 aliphatic heterocycles. The van der Waals surface area contributed by atoms with E-state index in [9.17, 15) is 0 Å². The zero-order valence-electron chi connectivity index (χ0n) is 10.8. The number of fused-ring (bicyclic) bond motifs is 1. The third-order valence-corrected chi connectivity index (χ3v) is 4.20. The van der Waals surface area contributed by atoms with Crippen molar-refractivity contribution in [3.63, 3.8) is 0 Å². The number of nitrogens with zero attached hydrogens (tertiary/aromatic N) is 3. The summed E-state index contributed by atoms with van der Waals surface area (Å²) in [6.07, 6.45) is 4.84. The molecule has 1 aromatic heterocycles. The van der Waals surface area contributed by atoms with Crippen molar-refractivity contribution < 1.29 is 0 Å². The molecule has 5 heteroatoms. The lowest BCUT2D eigenvalue weighted by atomic mass is 10.2. The summed E-state index contributed by atoms with van der Waals surface area (Å²) in [7, 11) is 0. The van der Waals surface area contributed by atoms with Gasteiger partial charge < -0.3 is 9.88 Å². The van der Waals surface area contributed by atoms with Gasteiger partial charge in [-0.05, 0) is 59.7 Å². The highest BCUT2D eigenvalue weighted by atomic mass is 127. The normalized spacial score (nSPS) is 14.8. The standard InChI is InChI=1S/C14H17IN4/c15-11-5-7-12(8-6-11)16-10-14-18-17-13-4-2-1-3-9-19(13)14/h5-8,16H,1-4,9-10H2. The number of rotatable bonds is 3. The van der Waals surface area contributed by atoms with Crippen LogP contribution in [0.2, 0.25) is 0 Å². The first-order valence-corrected chi connectivity index (χ1v) is 7.81. The van der Waals surface area contributed by atoms with Crippen molar-refractivity contribution in [2.24, 2.45) is 0 Å². The first-order chi connectivity index (χ1) is 9.33. The number of anilines is 1. The molecule has 1 N–H and O–H groups in total. The highest BCUT2D eigenvalue weighted by Crippen LogP contribution is 2.16. The fraction of sp³-hybridized carbons (Fsp3) is 0.429. The van der Waals surface area contributed by atoms with Gasteiger partial charge in [-0.2, -0.15) is 0 Å². The zero-order valence-corrected chi connectivity index (χ0v) is 12.9. The smallest absolute Gasteiger partial charge is 0.152 e. The molecule has 2 aromatic rings. The summed E-state index contributed by atoms with van der Waals surface area (Å²) in [5.74, 6) is 2.20. The van der Waals surface area contributed by atoms with Crippen molar-refractivity contribution in [1.29, 1.82) is 0 Å². The van der Waals surface area contributed by atoms with Gasteiger partial charge in [-0.3, -0.25) is 0 Å². The van der Waals surface area contributed by atoms with Crippen LogP contribution in [0.5, 0.6) is 0 Å². The summed E-state index contributed by atoms with van der Waals surface area (Å²) in [5.41, 5.74) is 1.13. The van der Waals surface area contributed by atoms with Crippen LogP contribution in [0.15, 0.2) is 24.3 Å². The maximum absolute atomic E-state index is 4.32. The van der Waals surface area contributed by atoms with Crippen LogP contribution in [0, 0.1) is 3.57 Å². The van der Waals surface area contributed by atoms with Gasteiger partial charge in [-0.25, -0.2) is 0 Å². The van der Waals surface area contributed by atoms with Crippen molar-refractivity contribution in [2.75, 3.05) is 5.32 Å². The number of aromatic nitrogens is 3. The summed E-state index contributed by atoms with van der Waals surface area (Å²) in [5, 5.41) is 12.1. The molecule has 4 nitrogen and oxygen atoms in total. The molecule has 0 spiro atoms. The molecule has 3 rings (SSSR count). The second-order valence-corrected chi connectivity index (χ2v) is 6.10. The topological polar surface area (TPSA) is 42.7 Å². The van der Waals surface area contributed by atoms with E-state index in [1.165, 1.54) is 22.8 Å². The second kappa shape index (κ2) is 5.90. The van der Waals surface area contributed by atoms with Crippen LogP contribution in [0.3, 0.4) is 0 Å². The van der Waals surface area contributed by atoms with Gasteiger partial charge in [0.05, 0.1) is 6.54 Å². The van der Waals surface area contributed by atoms with Crippen molar-refractivity contribution in [3.05, 3.63) is 39.5 Å². The lowest BCUT2D eigenvalue weighted by molar-refractivity contribution is 0.610. The number of halogens is 1. The lowest BCUT2D eigenvalue weighted by Crippen LogP contribution is -2.10. The minimum atomic E-state index is 0.744. The van der Waals surface area contributed by atoms with E-state index in [-0.39, 0.29) is 0 Å². The van der Waals surface area contributed by atoms with Gasteiger partial charge in [0.25, 0.3) is 0 Å². The van der Waals surface area contributed by atoms with Crippen molar-refractivity contribution in [1.82, 2.24) is 14.8 Å². The van der Waals surface area contributed by atoms with Crippen LogP contribution >= 0.6 is 22.6 Å². The summed E-state index contributed by atoms with van der Waals surface area (Å²) >= 11 is 2.31. The van der Waals surface area contributed by atoms with E-state index in [4.69, 9.17) is 0 Å². The van der Waals surface area contributed by atoms with Gasteiger partial charge in [-0.15, -0.1) is 10.2 Å². The molecular formula is C14H17IN4. The Hall–Kier alpha value is -1.11. The minimum absolute atomic E-state index is 0.744. The second-order valence-electron chi connectivity index (χ2n) is 4.86.